The number of nitrogens with one attached hydrogen (secondary N) is 1. The standard InChI is InChI=1S/C28H29N7O/c1-2-36-23-12-24(27-25-14-30-31-28(25)32-34(27)18-23)20-8-11-26(29-13-20)35-21-9-10-22(35)17-33(16-21)15-19-6-4-3-5-7-19/h3-8,11-14,18,21-22H,2,9-10,15-17H2,1H3,(H,31,32). The van der Waals surface area contributed by atoms with E-state index in [1.807, 2.05) is 30.0 Å². The summed E-state index contributed by atoms with van der Waals surface area (Å²) in [5.74, 6) is 1.86. The van der Waals surface area contributed by atoms with Gasteiger partial charge < -0.3 is 9.64 Å². The molecule has 0 saturated carbocycles. The van der Waals surface area contributed by atoms with Gasteiger partial charge in [0.1, 0.15) is 11.6 Å². The van der Waals surface area contributed by atoms with Crippen molar-refractivity contribution in [3.8, 4) is 16.9 Å². The van der Waals surface area contributed by atoms with E-state index < -0.39 is 0 Å². The molecule has 0 aliphatic carbocycles. The van der Waals surface area contributed by atoms with Crippen LogP contribution in [0.4, 0.5) is 5.82 Å². The van der Waals surface area contributed by atoms with Crippen molar-refractivity contribution in [1.82, 2.24) is 29.7 Å². The highest BCUT2D eigenvalue weighted by molar-refractivity contribution is 6.00. The summed E-state index contributed by atoms with van der Waals surface area (Å²) in [5, 5.41) is 12.8. The topological polar surface area (TPSA) is 74.6 Å². The third-order valence-corrected chi connectivity index (χ3v) is 7.54. The number of fused-ring (bicyclic) bond motifs is 5. The van der Waals surface area contributed by atoms with Crippen molar-refractivity contribution in [3.05, 3.63) is 72.7 Å². The lowest BCUT2D eigenvalue weighted by atomic mass is 10.1. The molecule has 2 atom stereocenters. The Morgan fingerprint density at radius 2 is 1.86 bits per heavy atom. The molecule has 182 valence electrons. The fraction of sp³-hybridized carbons (Fsp3) is 0.321. The van der Waals surface area contributed by atoms with Gasteiger partial charge in [0.25, 0.3) is 0 Å². The number of rotatable bonds is 6. The van der Waals surface area contributed by atoms with Crippen LogP contribution in [0.25, 0.3) is 27.7 Å². The second kappa shape index (κ2) is 8.64. The molecule has 36 heavy (non-hydrogen) atoms. The number of benzene rings is 1. The maximum absolute atomic E-state index is 5.84. The zero-order valence-electron chi connectivity index (χ0n) is 20.3. The van der Waals surface area contributed by atoms with Crippen molar-refractivity contribution >= 4 is 22.4 Å². The molecule has 5 aromatic rings. The minimum Gasteiger partial charge on any atom is -0.492 e. The first kappa shape index (κ1) is 21.4. The summed E-state index contributed by atoms with van der Waals surface area (Å²) in [5.41, 5.74) is 5.24. The Morgan fingerprint density at radius 3 is 2.61 bits per heavy atom. The third-order valence-electron chi connectivity index (χ3n) is 7.54. The molecule has 0 radical (unpaired) electrons. The van der Waals surface area contributed by atoms with Crippen LogP contribution in [0, 0.1) is 0 Å². The summed E-state index contributed by atoms with van der Waals surface area (Å²) in [6.07, 6.45) is 8.20. The van der Waals surface area contributed by atoms with E-state index in [0.717, 1.165) is 58.9 Å². The molecule has 8 heteroatoms. The van der Waals surface area contributed by atoms with E-state index >= 15 is 0 Å². The van der Waals surface area contributed by atoms with Crippen molar-refractivity contribution < 1.29 is 4.74 Å². The quantitative estimate of drug-likeness (QED) is 0.386. The molecule has 0 spiro atoms. The van der Waals surface area contributed by atoms with Crippen molar-refractivity contribution in [2.75, 3.05) is 24.6 Å². The molecule has 1 N–H and O–H groups in total. The average Bonchev–Trinajstić information content (AvgIpc) is 3.56. The predicted octanol–water partition coefficient (Wildman–Crippen LogP) is 4.52. The van der Waals surface area contributed by atoms with Crippen LogP contribution in [0.1, 0.15) is 25.3 Å². The van der Waals surface area contributed by atoms with Gasteiger partial charge in [0, 0.05) is 49.0 Å². The molecule has 8 nitrogen and oxygen atoms in total. The monoisotopic (exact) mass is 479 g/mol. The predicted molar refractivity (Wildman–Crippen MR) is 140 cm³/mol. The minimum absolute atomic E-state index is 0.513. The van der Waals surface area contributed by atoms with E-state index in [1.54, 1.807) is 0 Å². The van der Waals surface area contributed by atoms with E-state index in [2.05, 4.69) is 73.6 Å². The number of nitrogens with zero attached hydrogens (tertiary/aromatic N) is 6. The van der Waals surface area contributed by atoms with E-state index in [-0.39, 0.29) is 0 Å². The zero-order chi connectivity index (χ0) is 24.1. The highest BCUT2D eigenvalue weighted by Crippen LogP contribution is 2.37. The van der Waals surface area contributed by atoms with Gasteiger partial charge in [-0.15, -0.1) is 5.10 Å². The van der Waals surface area contributed by atoms with Crippen molar-refractivity contribution in [1.29, 1.82) is 0 Å². The van der Waals surface area contributed by atoms with Gasteiger partial charge in [-0.2, -0.15) is 5.10 Å². The van der Waals surface area contributed by atoms with E-state index in [4.69, 9.17) is 9.72 Å². The Morgan fingerprint density at radius 1 is 1.03 bits per heavy atom. The van der Waals surface area contributed by atoms with Gasteiger partial charge >= 0.3 is 0 Å². The largest absolute Gasteiger partial charge is 0.492 e. The SMILES string of the molecule is CCOc1cc(-c2ccc(N3C4CCC3CN(Cc3ccccc3)C4)nc2)c2c3cn[nH]c3nn2c1. The van der Waals surface area contributed by atoms with Crippen LogP contribution in [-0.2, 0) is 6.54 Å². The highest BCUT2D eigenvalue weighted by atomic mass is 16.5. The molecular weight excluding hydrogens is 450 g/mol. The maximum Gasteiger partial charge on any atom is 0.178 e. The van der Waals surface area contributed by atoms with Crippen LogP contribution < -0.4 is 9.64 Å². The molecular formula is C28H29N7O. The maximum atomic E-state index is 5.84. The number of pyridine rings is 2. The number of ether oxygens (including phenoxy) is 1. The van der Waals surface area contributed by atoms with Gasteiger partial charge in [0.05, 0.1) is 29.9 Å². The fourth-order valence-corrected chi connectivity index (χ4v) is 6.04. The Hall–Kier alpha value is -3.91. The van der Waals surface area contributed by atoms with Gasteiger partial charge in [0.15, 0.2) is 5.65 Å². The Kier molecular flexibility index (Phi) is 5.13. The number of likely N-dealkylation sites (tertiary alicyclic amines) is 1. The van der Waals surface area contributed by atoms with Gasteiger partial charge in [0.2, 0.25) is 0 Å². The molecule has 2 aliphatic rings. The molecule has 4 aromatic heterocycles. The number of hydrogen-bond donors (Lipinski definition) is 1. The lowest BCUT2D eigenvalue weighted by Crippen LogP contribution is -2.53. The first-order chi connectivity index (χ1) is 17.8. The van der Waals surface area contributed by atoms with Crippen LogP contribution in [0.15, 0.2) is 67.1 Å². The summed E-state index contributed by atoms with van der Waals surface area (Å²) in [6, 6.07) is 18.3. The number of piperazine rings is 1. The smallest absolute Gasteiger partial charge is 0.178 e. The molecule has 7 rings (SSSR count). The van der Waals surface area contributed by atoms with Crippen molar-refractivity contribution in [2.45, 2.75) is 38.4 Å². The van der Waals surface area contributed by atoms with Crippen molar-refractivity contribution in [3.63, 3.8) is 0 Å². The molecule has 6 heterocycles. The Bertz CT molecular complexity index is 1490. The Balaban J connectivity index is 1.18. The van der Waals surface area contributed by atoms with E-state index in [9.17, 15) is 0 Å². The number of aromatic nitrogens is 5. The summed E-state index contributed by atoms with van der Waals surface area (Å²) < 4.78 is 7.71. The van der Waals surface area contributed by atoms with Crippen LogP contribution in [0.3, 0.4) is 0 Å². The van der Waals surface area contributed by atoms with Gasteiger partial charge in [-0.1, -0.05) is 30.3 Å². The molecule has 2 aliphatic heterocycles. The molecule has 2 saturated heterocycles. The number of anilines is 1. The second-order valence-electron chi connectivity index (χ2n) is 9.82. The van der Waals surface area contributed by atoms with Crippen LogP contribution in [0.5, 0.6) is 5.75 Å². The Labute approximate surface area is 209 Å². The minimum atomic E-state index is 0.513. The number of aromatic amines is 1. The molecule has 2 unspecified atom stereocenters. The van der Waals surface area contributed by atoms with Crippen LogP contribution in [-0.4, -0.2) is 61.5 Å². The zero-order valence-corrected chi connectivity index (χ0v) is 20.3. The average molecular weight is 480 g/mol. The molecule has 0 amide bonds. The van der Waals surface area contributed by atoms with Crippen LogP contribution >= 0.6 is 0 Å². The van der Waals surface area contributed by atoms with Crippen LogP contribution in [0.2, 0.25) is 0 Å². The van der Waals surface area contributed by atoms with E-state index in [0.29, 0.717) is 18.7 Å². The van der Waals surface area contributed by atoms with Gasteiger partial charge in [-0.05, 0) is 43.5 Å². The number of hydrogen-bond acceptors (Lipinski definition) is 6. The number of H-pyrrole nitrogens is 1. The highest BCUT2D eigenvalue weighted by Gasteiger charge is 2.40. The first-order valence-corrected chi connectivity index (χ1v) is 12.8. The molecule has 2 bridgehead atoms. The lowest BCUT2D eigenvalue weighted by Gasteiger charge is -2.42. The summed E-state index contributed by atoms with van der Waals surface area (Å²) in [4.78, 5) is 10.1. The lowest BCUT2D eigenvalue weighted by molar-refractivity contribution is 0.211. The van der Waals surface area contributed by atoms with Gasteiger partial charge in [-0.3, -0.25) is 10.00 Å². The summed E-state index contributed by atoms with van der Waals surface area (Å²) in [7, 11) is 0. The van der Waals surface area contributed by atoms with E-state index in [1.165, 1.54) is 18.4 Å². The van der Waals surface area contributed by atoms with Crippen molar-refractivity contribution in [2.24, 2.45) is 0 Å². The molecule has 2 fully saturated rings. The fourth-order valence-electron chi connectivity index (χ4n) is 6.04. The first-order valence-electron chi connectivity index (χ1n) is 12.8. The third kappa shape index (κ3) is 3.60. The summed E-state index contributed by atoms with van der Waals surface area (Å²) in [6.45, 7) is 5.78. The molecule has 1 aromatic carbocycles. The summed E-state index contributed by atoms with van der Waals surface area (Å²) >= 11 is 0. The second-order valence-corrected chi connectivity index (χ2v) is 9.82. The normalized spacial score (nSPS) is 20.0. The van der Waals surface area contributed by atoms with Gasteiger partial charge in [-0.25, -0.2) is 9.50 Å².